The fraction of sp³-hybridized carbons (Fsp3) is 0.400. The largest absolute Gasteiger partial charge is 0.485 e. The predicted molar refractivity (Wildman–Crippen MR) is 122 cm³/mol. The zero-order valence-electron chi connectivity index (χ0n) is 19.9. The molecule has 0 aliphatic carbocycles. The van der Waals surface area contributed by atoms with Crippen LogP contribution in [0, 0.1) is 0 Å². The fourth-order valence-electron chi connectivity index (χ4n) is 3.34. The Morgan fingerprint density at radius 3 is 2.41 bits per heavy atom. The van der Waals surface area contributed by atoms with E-state index in [2.05, 4.69) is 5.32 Å². The van der Waals surface area contributed by atoms with Gasteiger partial charge >= 0.3 is 18.0 Å². The zero-order chi connectivity index (χ0) is 24.9. The number of ether oxygens (including phenoxy) is 5. The van der Waals surface area contributed by atoms with Crippen LogP contribution >= 0.6 is 0 Å². The number of nitrogens with one attached hydrogen (secondary N) is 1. The molecule has 1 amide bonds. The summed E-state index contributed by atoms with van der Waals surface area (Å²) in [6.45, 7) is 6.84. The van der Waals surface area contributed by atoms with Crippen molar-refractivity contribution in [2.75, 3.05) is 13.7 Å². The Bertz CT molecular complexity index is 1040. The Kier molecular flexibility index (Phi) is 7.65. The molecule has 0 bridgehead atoms. The number of methoxy groups -OCH3 is 1. The maximum Gasteiger partial charge on any atom is 0.408 e. The van der Waals surface area contributed by atoms with Crippen LogP contribution in [0.5, 0.6) is 17.2 Å². The molecular formula is C25H29NO8. The van der Waals surface area contributed by atoms with Crippen molar-refractivity contribution in [2.24, 2.45) is 0 Å². The van der Waals surface area contributed by atoms with Crippen LogP contribution in [0.3, 0.4) is 0 Å². The Morgan fingerprint density at radius 1 is 1.09 bits per heavy atom. The number of fused-ring (bicyclic) bond motifs is 1. The van der Waals surface area contributed by atoms with Crippen molar-refractivity contribution < 1.29 is 38.1 Å². The molecule has 0 fully saturated rings. The first-order chi connectivity index (χ1) is 16.0. The van der Waals surface area contributed by atoms with E-state index in [-0.39, 0.29) is 25.1 Å². The number of rotatable bonds is 6. The molecule has 1 aliphatic rings. The van der Waals surface area contributed by atoms with E-state index in [4.69, 9.17) is 23.7 Å². The molecular weight excluding hydrogens is 442 g/mol. The number of hydrogen-bond donors (Lipinski definition) is 1. The van der Waals surface area contributed by atoms with E-state index in [1.165, 1.54) is 14.0 Å². The van der Waals surface area contributed by atoms with E-state index >= 15 is 0 Å². The Morgan fingerprint density at radius 2 is 1.79 bits per heavy atom. The van der Waals surface area contributed by atoms with E-state index < -0.39 is 23.7 Å². The minimum atomic E-state index is -0.925. The summed E-state index contributed by atoms with van der Waals surface area (Å²) in [6, 6.07) is 11.4. The molecule has 1 unspecified atom stereocenters. The molecule has 1 N–H and O–H groups in total. The van der Waals surface area contributed by atoms with E-state index in [1.807, 2.05) is 12.1 Å². The van der Waals surface area contributed by atoms with Gasteiger partial charge < -0.3 is 29.0 Å². The van der Waals surface area contributed by atoms with E-state index in [0.29, 0.717) is 17.2 Å². The third kappa shape index (κ3) is 6.87. The predicted octanol–water partition coefficient (Wildman–Crippen LogP) is 3.73. The minimum Gasteiger partial charge on any atom is -0.485 e. The molecule has 1 aliphatic heterocycles. The number of esters is 2. The van der Waals surface area contributed by atoms with E-state index in [0.717, 1.165) is 11.1 Å². The van der Waals surface area contributed by atoms with Gasteiger partial charge in [-0.3, -0.25) is 4.79 Å². The Labute approximate surface area is 198 Å². The lowest BCUT2D eigenvalue weighted by molar-refractivity contribution is -0.143. The van der Waals surface area contributed by atoms with Gasteiger partial charge in [0.25, 0.3) is 0 Å². The molecule has 2 aromatic carbocycles. The number of alkyl carbamates (subject to hydrolysis) is 1. The van der Waals surface area contributed by atoms with Gasteiger partial charge in [-0.1, -0.05) is 18.2 Å². The summed E-state index contributed by atoms with van der Waals surface area (Å²) in [6.07, 6.45) is -0.853. The maximum atomic E-state index is 12.2. The zero-order valence-corrected chi connectivity index (χ0v) is 19.9. The second kappa shape index (κ2) is 10.5. The summed E-state index contributed by atoms with van der Waals surface area (Å²) >= 11 is 0. The van der Waals surface area contributed by atoms with Gasteiger partial charge in [0.1, 0.15) is 24.0 Å². The number of carbonyl (C=O) groups excluding carboxylic acids is 3. The highest BCUT2D eigenvalue weighted by atomic mass is 16.6. The summed E-state index contributed by atoms with van der Waals surface area (Å²) in [7, 11) is 1.26. The van der Waals surface area contributed by atoms with Gasteiger partial charge in [0, 0.05) is 13.3 Å². The van der Waals surface area contributed by atoms with Crippen LogP contribution in [-0.4, -0.2) is 43.4 Å². The molecule has 1 heterocycles. The minimum absolute atomic E-state index is 0.184. The lowest BCUT2D eigenvalue weighted by Crippen LogP contribution is -2.45. The Hall–Kier alpha value is -3.75. The van der Waals surface area contributed by atoms with Crippen molar-refractivity contribution in [1.29, 1.82) is 0 Å². The van der Waals surface area contributed by atoms with Crippen molar-refractivity contribution in [2.45, 2.75) is 51.9 Å². The molecule has 3 rings (SSSR count). The highest BCUT2D eigenvalue weighted by molar-refractivity contribution is 5.81. The molecule has 0 spiro atoms. The lowest BCUT2D eigenvalue weighted by atomic mass is 10.0. The molecule has 34 heavy (non-hydrogen) atoms. The molecule has 0 aromatic heterocycles. The summed E-state index contributed by atoms with van der Waals surface area (Å²) in [5.74, 6) is 0.576. The third-order valence-electron chi connectivity index (χ3n) is 4.80. The second-order valence-electron chi connectivity index (χ2n) is 8.79. The molecule has 2 atom stereocenters. The molecule has 0 radical (unpaired) electrons. The van der Waals surface area contributed by atoms with Crippen molar-refractivity contribution in [3.8, 4) is 17.2 Å². The van der Waals surface area contributed by atoms with Crippen LogP contribution in [0.2, 0.25) is 0 Å². The van der Waals surface area contributed by atoms with Crippen molar-refractivity contribution in [3.63, 3.8) is 0 Å². The molecule has 9 heteroatoms. The maximum absolute atomic E-state index is 12.2. The summed E-state index contributed by atoms with van der Waals surface area (Å²) in [4.78, 5) is 35.4. The van der Waals surface area contributed by atoms with Gasteiger partial charge in [0.2, 0.25) is 0 Å². The summed E-state index contributed by atoms with van der Waals surface area (Å²) in [5, 5.41) is 2.56. The van der Waals surface area contributed by atoms with Gasteiger partial charge in [-0.15, -0.1) is 0 Å². The average molecular weight is 472 g/mol. The molecule has 2 aromatic rings. The molecule has 0 saturated carbocycles. The quantitative estimate of drug-likeness (QED) is 0.501. The van der Waals surface area contributed by atoms with Crippen molar-refractivity contribution in [3.05, 3.63) is 53.6 Å². The number of hydrogen-bond acceptors (Lipinski definition) is 8. The highest BCUT2D eigenvalue weighted by Gasteiger charge is 2.27. The van der Waals surface area contributed by atoms with Crippen molar-refractivity contribution >= 4 is 18.0 Å². The van der Waals surface area contributed by atoms with Gasteiger partial charge in [-0.05, 0) is 56.2 Å². The number of benzene rings is 2. The summed E-state index contributed by atoms with van der Waals surface area (Å²) < 4.78 is 27.1. The first kappa shape index (κ1) is 24.9. The van der Waals surface area contributed by atoms with Gasteiger partial charge in [0.15, 0.2) is 17.6 Å². The van der Waals surface area contributed by atoms with Crippen LogP contribution < -0.4 is 19.5 Å². The van der Waals surface area contributed by atoms with Gasteiger partial charge in [0.05, 0.1) is 7.11 Å². The van der Waals surface area contributed by atoms with Crippen molar-refractivity contribution in [1.82, 2.24) is 5.32 Å². The first-order valence-corrected chi connectivity index (χ1v) is 10.8. The Balaban J connectivity index is 1.67. The molecule has 9 nitrogen and oxygen atoms in total. The monoisotopic (exact) mass is 471 g/mol. The number of carbonyl (C=O) groups is 3. The van der Waals surface area contributed by atoms with Crippen LogP contribution in [-0.2, 0) is 25.5 Å². The molecule has 0 saturated heterocycles. The second-order valence-corrected chi connectivity index (χ2v) is 8.79. The van der Waals surface area contributed by atoms with E-state index in [9.17, 15) is 14.4 Å². The van der Waals surface area contributed by atoms with E-state index in [1.54, 1.807) is 51.1 Å². The fourth-order valence-corrected chi connectivity index (χ4v) is 3.34. The van der Waals surface area contributed by atoms with Crippen LogP contribution in [0.4, 0.5) is 4.79 Å². The number of amides is 1. The third-order valence-corrected chi connectivity index (χ3v) is 4.80. The SMILES string of the molecule is COC(=O)C(Cc1ccc2c(c1)OC[C@H](c1ccc(OC(C)=O)cc1)O2)NC(=O)OC(C)(C)C. The average Bonchev–Trinajstić information content (AvgIpc) is 2.76. The summed E-state index contributed by atoms with van der Waals surface area (Å²) in [5.41, 5.74) is 0.926. The lowest BCUT2D eigenvalue weighted by Gasteiger charge is -2.27. The topological polar surface area (TPSA) is 109 Å². The highest BCUT2D eigenvalue weighted by Crippen LogP contribution is 2.37. The van der Waals surface area contributed by atoms with Crippen LogP contribution in [0.15, 0.2) is 42.5 Å². The normalized spacial score (nSPS) is 15.6. The van der Waals surface area contributed by atoms with Gasteiger partial charge in [-0.2, -0.15) is 0 Å². The van der Waals surface area contributed by atoms with Crippen LogP contribution in [0.25, 0.3) is 0 Å². The molecule has 182 valence electrons. The smallest absolute Gasteiger partial charge is 0.408 e. The van der Waals surface area contributed by atoms with Gasteiger partial charge in [-0.25, -0.2) is 9.59 Å². The first-order valence-electron chi connectivity index (χ1n) is 10.8. The van der Waals surface area contributed by atoms with Crippen LogP contribution in [0.1, 0.15) is 44.9 Å². The standard InChI is InChI=1S/C25H29NO8/c1-15(27)32-18-9-7-17(8-10-18)22-14-31-21-13-16(6-11-20(21)33-22)12-19(23(28)30-5)26-24(29)34-25(2,3)4/h6-11,13,19,22H,12,14H2,1-5H3,(H,26,29)/t19?,22-/m1/s1.